The molecule has 0 fully saturated rings. The van der Waals surface area contributed by atoms with Gasteiger partial charge in [0, 0.05) is 52.4 Å². The highest BCUT2D eigenvalue weighted by molar-refractivity contribution is 14.1. The lowest BCUT2D eigenvalue weighted by Gasteiger charge is -2.36. The van der Waals surface area contributed by atoms with E-state index in [1.54, 1.807) is 36.6 Å². The lowest BCUT2D eigenvalue weighted by molar-refractivity contribution is -0.635. The van der Waals surface area contributed by atoms with Crippen molar-refractivity contribution in [3.8, 4) is 17.2 Å². The number of aliphatic hydroxyl groups is 5. The van der Waals surface area contributed by atoms with Gasteiger partial charge in [-0.25, -0.2) is 0 Å². The summed E-state index contributed by atoms with van der Waals surface area (Å²) in [4.78, 5) is 60.3. The van der Waals surface area contributed by atoms with Crippen molar-refractivity contribution in [2.45, 2.75) is 44.3 Å². The Morgan fingerprint density at radius 3 is 1.43 bits per heavy atom. The van der Waals surface area contributed by atoms with Crippen LogP contribution in [0.4, 0.5) is 0 Å². The van der Waals surface area contributed by atoms with Crippen LogP contribution in [0.5, 0.6) is 17.2 Å². The Kier molecular flexibility index (Phi) is 28.3. The second-order valence-corrected chi connectivity index (χ2v) is 17.3. The number of nitrogens with zero attached hydrogens (tertiary/aromatic N) is 3. The van der Waals surface area contributed by atoms with Gasteiger partial charge < -0.3 is 90.2 Å². The molecule has 0 saturated carbocycles. The number of carbonyl (C=O) groups excluding carboxylic acids is 5. The van der Waals surface area contributed by atoms with E-state index in [9.17, 15) is 64.8 Å². The van der Waals surface area contributed by atoms with Gasteiger partial charge in [0.2, 0.25) is 0 Å². The number of hydrogen-bond donors (Lipinski definition) is 7. The molecule has 8 N–H and O–H groups in total. The van der Waals surface area contributed by atoms with E-state index in [0.29, 0.717) is 31.3 Å². The molecule has 0 bridgehead atoms. The number of nitrogens with two attached hydrogens (primary N) is 1. The third kappa shape index (κ3) is 21.4. The Morgan fingerprint density at radius 1 is 0.683 bits per heavy atom. The first kappa shape index (κ1) is 58.0. The van der Waals surface area contributed by atoms with Crippen LogP contribution in [0.15, 0.2) is 24.3 Å². The number of carbonyl (C=O) groups is 5. The van der Waals surface area contributed by atoms with Gasteiger partial charge in [-0.05, 0) is 127 Å². The largest absolute Gasteiger partial charge is 0.549 e. The van der Waals surface area contributed by atoms with Crippen molar-refractivity contribution in [1.82, 2.24) is 14.7 Å². The highest BCUT2D eigenvalue weighted by Gasteiger charge is 2.30. The first-order chi connectivity index (χ1) is 27.5. The molecule has 2 aromatic rings. The fraction of sp³-hybridized carbons (Fsp3) is 0.514. The minimum absolute atomic E-state index is 0. The number of quaternary nitrogens is 1. The molecular weight excluding hydrogens is 1260 g/mol. The summed E-state index contributed by atoms with van der Waals surface area (Å²) in [5, 5.41) is 114. The van der Waals surface area contributed by atoms with E-state index in [-0.39, 0.29) is 52.3 Å². The first-order valence-electron chi connectivity index (χ1n) is 17.1. The van der Waals surface area contributed by atoms with Crippen molar-refractivity contribution in [3.05, 3.63) is 44.1 Å². The van der Waals surface area contributed by atoms with E-state index in [1.165, 1.54) is 4.90 Å². The number of carboxylic acid groups (broad SMARTS) is 5. The molecule has 340 valence electrons. The second-order valence-electron chi connectivity index (χ2n) is 12.7. The molecule has 0 amide bonds. The molecule has 0 aliphatic carbocycles. The number of aliphatic carboxylic acids is 5. The maximum Gasteiger partial charge on any atom is 0.154 e. The molecule has 5 atom stereocenters. The van der Waals surface area contributed by atoms with Crippen LogP contribution in [0.3, 0.4) is 0 Å². The Hall–Kier alpha value is -2.05. The number of carboxylic acids is 5. The van der Waals surface area contributed by atoms with Crippen LogP contribution in [-0.4, -0.2) is 178 Å². The summed E-state index contributed by atoms with van der Waals surface area (Å²) in [6.45, 7) is -4.65. The Morgan fingerprint density at radius 2 is 1.08 bits per heavy atom. The molecule has 0 unspecified atom stereocenters. The standard InChI is InChI=1S/C27H29I4N3O12.C7H17NO5.CH4/c28-16-8-15(9-17(29)25(16)43)46-26-18(30)5-14(6-19(26)31)7-20(27(44)45)34(3-1-32(10-21(35)36)11-22(37)38)4-2-33(12-23(39)40)13-24(41)42;1-8-2-4(10)6(12)7(13)5(11)3-9;/h5-6,8-9,20,43H,1-4,7,10-13H2,(H,35,36)(H,37,38)(H,39,40)(H,41,42)(H,44,45);4-13H,2-3H2,1H3;1H4/p-4/t20-;4-,5+,6+,7+;/m00./s1. The zero-order valence-electron chi connectivity index (χ0n) is 31.1. The van der Waals surface area contributed by atoms with Gasteiger partial charge in [0.25, 0.3) is 0 Å². The van der Waals surface area contributed by atoms with E-state index in [4.69, 9.17) is 20.1 Å². The predicted octanol–water partition coefficient (Wildman–Crippen LogP) is -7.58. The molecule has 25 heteroatoms. The van der Waals surface area contributed by atoms with Crippen molar-refractivity contribution in [1.29, 1.82) is 0 Å². The number of hydrogen-bond acceptors (Lipinski definition) is 20. The monoisotopic (exact) mass is 1300 g/mol. The number of halogens is 4. The highest BCUT2D eigenvalue weighted by atomic mass is 127. The van der Waals surface area contributed by atoms with Gasteiger partial charge in [-0.3, -0.25) is 14.7 Å². The number of ether oxygens (including phenoxy) is 1. The first-order valence-corrected chi connectivity index (χ1v) is 21.5. The Labute approximate surface area is 399 Å². The molecule has 0 heterocycles. The number of benzene rings is 2. The van der Waals surface area contributed by atoms with Gasteiger partial charge >= 0.3 is 0 Å². The number of likely N-dealkylation sites (N-methyl/N-ethyl adjacent to an activating group) is 1. The average molecular weight is 1300 g/mol. The van der Waals surface area contributed by atoms with Crippen molar-refractivity contribution in [2.24, 2.45) is 0 Å². The van der Waals surface area contributed by atoms with Crippen LogP contribution >= 0.6 is 90.4 Å². The second kappa shape index (κ2) is 29.3. The van der Waals surface area contributed by atoms with Crippen molar-refractivity contribution < 1.29 is 90.2 Å². The number of aromatic hydroxyl groups is 1. The maximum atomic E-state index is 12.5. The fourth-order valence-corrected chi connectivity index (χ4v) is 9.03. The van der Waals surface area contributed by atoms with E-state index in [0.717, 1.165) is 9.80 Å². The van der Waals surface area contributed by atoms with Crippen LogP contribution in [-0.2, 0) is 30.4 Å². The lowest BCUT2D eigenvalue weighted by atomic mass is 10.0. The molecule has 0 aliphatic heterocycles. The van der Waals surface area contributed by atoms with Crippen LogP contribution in [0.2, 0.25) is 0 Å². The van der Waals surface area contributed by atoms with E-state index in [1.807, 2.05) is 90.4 Å². The number of aliphatic hydroxyl groups excluding tert-OH is 5. The summed E-state index contributed by atoms with van der Waals surface area (Å²) in [6.07, 6.45) is -5.69. The molecule has 2 rings (SSSR count). The average Bonchev–Trinajstić information content (AvgIpc) is 3.12. The SMILES string of the molecule is C.C[NH2+]C[C@H](O)[C@@H](O)[C@H](O)[C@H](O)CO.O=C([O-])CN(CCN(CCN(CC(=O)[O-])CC(=O)[O-])[C@@H](Cc1cc(I)c(Oc2cc(I)c(O)c(I)c2)c(I)c1)C(=O)[O-])CC(=O)[O-]. The number of phenolic OH excluding ortho intramolecular Hbond substituents is 1. The molecule has 60 heavy (non-hydrogen) atoms. The fourth-order valence-electron chi connectivity index (χ4n) is 5.20. The van der Waals surface area contributed by atoms with Gasteiger partial charge in [-0.2, -0.15) is 0 Å². The summed E-state index contributed by atoms with van der Waals surface area (Å²) in [6, 6.07) is 5.25. The third-order valence-electron chi connectivity index (χ3n) is 8.03. The van der Waals surface area contributed by atoms with E-state index in [2.05, 4.69) is 0 Å². The maximum absolute atomic E-state index is 12.5. The zero-order chi connectivity index (χ0) is 45.1. The number of rotatable bonds is 26. The molecule has 0 saturated heterocycles. The lowest BCUT2D eigenvalue weighted by Crippen LogP contribution is -2.83. The van der Waals surface area contributed by atoms with Crippen molar-refractivity contribution in [3.63, 3.8) is 0 Å². The van der Waals surface area contributed by atoms with Crippen LogP contribution < -0.4 is 35.6 Å². The van der Waals surface area contributed by atoms with Gasteiger partial charge in [0.1, 0.15) is 42.5 Å². The molecule has 0 aromatic heterocycles. The van der Waals surface area contributed by atoms with Crippen molar-refractivity contribution >= 4 is 120 Å². The van der Waals surface area contributed by atoms with E-state index < -0.39 is 93.1 Å². The molecule has 0 radical (unpaired) electrons. The summed E-state index contributed by atoms with van der Waals surface area (Å²) in [5.74, 6) is -6.81. The topological polar surface area (TPSA) is 358 Å². The normalized spacial score (nSPS) is 13.7. The minimum atomic E-state index is -1.58. The third-order valence-corrected chi connectivity index (χ3v) is 11.3. The van der Waals surface area contributed by atoms with Crippen molar-refractivity contribution in [2.75, 3.05) is 72.6 Å². The predicted molar refractivity (Wildman–Crippen MR) is 233 cm³/mol. The molecular formula is C35H46I4N4O17-4. The smallest absolute Gasteiger partial charge is 0.154 e. The number of phenols is 1. The molecule has 0 spiro atoms. The highest BCUT2D eigenvalue weighted by Crippen LogP contribution is 2.37. The van der Waals surface area contributed by atoms with Gasteiger partial charge in [-0.1, -0.05) is 7.43 Å². The quantitative estimate of drug-likeness (QED) is 0.0430. The minimum Gasteiger partial charge on any atom is -0.549 e. The van der Waals surface area contributed by atoms with Crippen LogP contribution in [0, 0.1) is 14.3 Å². The summed E-state index contributed by atoms with van der Waals surface area (Å²) >= 11 is 7.98. The van der Waals surface area contributed by atoms with Gasteiger partial charge in [-0.15, -0.1) is 0 Å². The summed E-state index contributed by atoms with van der Waals surface area (Å²) in [5.41, 5.74) is 0.526. The zero-order valence-corrected chi connectivity index (χ0v) is 39.7. The molecule has 0 aliphatic rings. The summed E-state index contributed by atoms with van der Waals surface area (Å²) in [7, 11) is 1.70. The summed E-state index contributed by atoms with van der Waals surface area (Å²) < 4.78 is 8.46. The Bertz CT molecular complexity index is 1610. The van der Waals surface area contributed by atoms with E-state index >= 15 is 0 Å². The van der Waals surface area contributed by atoms with Gasteiger partial charge in [0.15, 0.2) is 5.75 Å². The van der Waals surface area contributed by atoms with Gasteiger partial charge in [0.05, 0.1) is 63.8 Å². The molecule has 21 nitrogen and oxygen atoms in total. The molecule has 2 aromatic carbocycles. The Balaban J connectivity index is 0.00000213. The van der Waals surface area contributed by atoms with Crippen LogP contribution in [0.25, 0.3) is 0 Å². The van der Waals surface area contributed by atoms with Crippen LogP contribution in [0.1, 0.15) is 13.0 Å².